The molecule has 0 N–H and O–H groups in total. The Bertz CT molecular complexity index is 1440. The van der Waals surface area contributed by atoms with E-state index in [4.69, 9.17) is 13.9 Å². The highest BCUT2D eigenvalue weighted by Crippen LogP contribution is 2.36. The number of carbonyl (C=O) groups excluding carboxylic acids is 1. The number of ether oxygens (including phenoxy) is 2. The minimum absolute atomic E-state index is 0.0392. The minimum atomic E-state index is 0.0392. The fourth-order valence-corrected chi connectivity index (χ4v) is 4.50. The highest BCUT2D eigenvalue weighted by Gasteiger charge is 2.19. The van der Waals surface area contributed by atoms with Gasteiger partial charge >= 0.3 is 0 Å². The van der Waals surface area contributed by atoms with Gasteiger partial charge in [0.1, 0.15) is 29.2 Å². The largest absolute Gasteiger partial charge is 0.489 e. The van der Waals surface area contributed by atoms with E-state index >= 15 is 0 Å². The van der Waals surface area contributed by atoms with Gasteiger partial charge in [0.2, 0.25) is 0 Å². The topological polar surface area (TPSA) is 85.4 Å². The molecule has 176 valence electrons. The van der Waals surface area contributed by atoms with Crippen LogP contribution < -0.4 is 4.74 Å². The number of nitrogens with zero attached hydrogens (tertiary/aromatic N) is 2. The molecule has 1 aliphatic heterocycles. The molecule has 6 heteroatoms. The van der Waals surface area contributed by atoms with Crippen molar-refractivity contribution in [3.63, 3.8) is 0 Å². The number of hydrogen-bond donors (Lipinski definition) is 0. The zero-order chi connectivity index (χ0) is 24.4. The average molecular weight is 467 g/mol. The first-order valence-corrected chi connectivity index (χ1v) is 11.9. The second-order valence-corrected chi connectivity index (χ2v) is 8.72. The van der Waals surface area contributed by atoms with Gasteiger partial charge in [-0.3, -0.25) is 9.78 Å². The summed E-state index contributed by atoms with van der Waals surface area (Å²) in [5.41, 5.74) is 6.26. The summed E-state index contributed by atoms with van der Waals surface area (Å²) >= 11 is 0. The zero-order valence-corrected chi connectivity index (χ0v) is 19.8. The van der Waals surface area contributed by atoms with E-state index in [1.165, 1.54) is 0 Å². The molecule has 1 fully saturated rings. The Kier molecular flexibility index (Phi) is 6.35. The van der Waals surface area contributed by atoms with Gasteiger partial charge in [0.05, 0.1) is 18.8 Å². The number of aryl methyl sites for hydroxylation is 1. The van der Waals surface area contributed by atoms with Gasteiger partial charge in [-0.1, -0.05) is 25.1 Å². The van der Waals surface area contributed by atoms with Crippen molar-refractivity contribution in [1.82, 2.24) is 4.98 Å². The van der Waals surface area contributed by atoms with Crippen molar-refractivity contribution in [3.8, 4) is 34.3 Å². The van der Waals surface area contributed by atoms with Crippen LogP contribution in [0.5, 0.6) is 5.75 Å². The lowest BCUT2D eigenvalue weighted by Crippen LogP contribution is -2.26. The van der Waals surface area contributed by atoms with Crippen LogP contribution in [-0.4, -0.2) is 30.1 Å². The van der Waals surface area contributed by atoms with Gasteiger partial charge in [0.15, 0.2) is 11.4 Å². The summed E-state index contributed by atoms with van der Waals surface area (Å²) in [6.07, 6.45) is 4.21. The molecule has 5 rings (SSSR count). The number of nitriles is 1. The summed E-state index contributed by atoms with van der Waals surface area (Å²) in [5, 5.41) is 9.79. The van der Waals surface area contributed by atoms with Gasteiger partial charge in [0.25, 0.3) is 0 Å². The molecular weight excluding hydrogens is 440 g/mol. The lowest BCUT2D eigenvalue weighted by atomic mass is 9.98. The van der Waals surface area contributed by atoms with Crippen molar-refractivity contribution in [3.05, 3.63) is 71.4 Å². The molecular formula is C29H26N2O4. The van der Waals surface area contributed by atoms with Gasteiger partial charge in [0, 0.05) is 41.8 Å². The molecule has 0 radical (unpaired) electrons. The lowest BCUT2D eigenvalue weighted by molar-refractivity contribution is 0.0254. The number of rotatable bonds is 6. The molecule has 4 aromatic rings. The summed E-state index contributed by atoms with van der Waals surface area (Å²) in [5.74, 6) is 1.33. The Balaban J connectivity index is 1.53. The van der Waals surface area contributed by atoms with E-state index < -0.39 is 0 Å². The Labute approximate surface area is 204 Å². The number of fused-ring (bicyclic) bond motifs is 1. The molecule has 1 saturated heterocycles. The van der Waals surface area contributed by atoms with Gasteiger partial charge in [-0.05, 0) is 48.7 Å². The zero-order valence-electron chi connectivity index (χ0n) is 19.8. The predicted octanol–water partition coefficient (Wildman–Crippen LogP) is 6.36. The summed E-state index contributed by atoms with van der Waals surface area (Å²) in [6.45, 7) is 4.99. The van der Waals surface area contributed by atoms with Crippen molar-refractivity contribution in [2.45, 2.75) is 39.2 Å². The molecule has 1 aliphatic rings. The minimum Gasteiger partial charge on any atom is -0.489 e. The molecule has 0 bridgehead atoms. The molecule has 6 nitrogen and oxygen atoms in total. The maximum atomic E-state index is 11.8. The van der Waals surface area contributed by atoms with Crippen molar-refractivity contribution < 1.29 is 18.7 Å². The third-order valence-electron chi connectivity index (χ3n) is 6.44. The smallest absolute Gasteiger partial charge is 0.161 e. The maximum absolute atomic E-state index is 11.8. The summed E-state index contributed by atoms with van der Waals surface area (Å²) in [6, 6.07) is 17.4. The molecule has 0 amide bonds. The van der Waals surface area contributed by atoms with Crippen molar-refractivity contribution >= 4 is 16.9 Å². The molecule has 35 heavy (non-hydrogen) atoms. The number of hydrogen-bond acceptors (Lipinski definition) is 6. The normalized spacial score (nSPS) is 14.1. The number of aromatic nitrogens is 1. The van der Waals surface area contributed by atoms with Gasteiger partial charge < -0.3 is 13.9 Å². The first-order chi connectivity index (χ1) is 17.1. The van der Waals surface area contributed by atoms with Gasteiger partial charge in [-0.2, -0.15) is 5.26 Å². The fraction of sp³-hybridized carbons (Fsp3) is 0.276. The van der Waals surface area contributed by atoms with E-state index in [-0.39, 0.29) is 11.9 Å². The molecule has 0 unspecified atom stereocenters. The third-order valence-corrected chi connectivity index (χ3v) is 6.44. The summed E-state index contributed by atoms with van der Waals surface area (Å²) in [7, 11) is 0. The highest BCUT2D eigenvalue weighted by molar-refractivity contribution is 5.96. The van der Waals surface area contributed by atoms with E-state index in [2.05, 4.69) is 18.0 Å². The Morgan fingerprint density at radius 3 is 2.69 bits per heavy atom. The second kappa shape index (κ2) is 9.73. The van der Waals surface area contributed by atoms with E-state index in [0.29, 0.717) is 41.4 Å². The number of ketones is 1. The standard InChI is InChI=1S/C29H26N2O4/c1-3-19-14-20(18(2)32)4-6-24(19)28-16-26-29(35-28)25(8-11-31-26)21-5-7-27(22(15-21)17-30)34-23-9-12-33-13-10-23/h4-8,11,14-16,23H,3,9-10,12-13H2,1-2H3. The molecule has 2 aromatic heterocycles. The molecule has 0 spiro atoms. The van der Waals surface area contributed by atoms with Crippen molar-refractivity contribution in [2.24, 2.45) is 0 Å². The number of carbonyl (C=O) groups is 1. The third kappa shape index (κ3) is 4.55. The molecule has 0 aliphatic carbocycles. The SMILES string of the molecule is CCc1cc(C(C)=O)ccc1-c1cc2nccc(-c3ccc(OC4CCOCC4)c(C#N)c3)c2o1. The number of pyridine rings is 1. The van der Waals surface area contributed by atoms with Crippen LogP contribution in [0.1, 0.15) is 48.2 Å². The number of benzene rings is 2. The van der Waals surface area contributed by atoms with E-state index in [1.807, 2.05) is 48.5 Å². The van der Waals surface area contributed by atoms with Crippen LogP contribution in [0.3, 0.4) is 0 Å². The highest BCUT2D eigenvalue weighted by atomic mass is 16.5. The second-order valence-electron chi connectivity index (χ2n) is 8.72. The van der Waals surface area contributed by atoms with E-state index in [0.717, 1.165) is 47.0 Å². The number of furan rings is 1. The van der Waals surface area contributed by atoms with Crippen LogP contribution in [0.4, 0.5) is 0 Å². The van der Waals surface area contributed by atoms with Crippen LogP contribution in [0.15, 0.2) is 59.1 Å². The first kappa shape index (κ1) is 22.8. The summed E-state index contributed by atoms with van der Waals surface area (Å²) in [4.78, 5) is 16.3. The number of Topliss-reactive ketones (excluding diaryl/α,β-unsaturated/α-hetero) is 1. The van der Waals surface area contributed by atoms with Crippen molar-refractivity contribution in [1.29, 1.82) is 5.26 Å². The van der Waals surface area contributed by atoms with Crippen molar-refractivity contribution in [2.75, 3.05) is 13.2 Å². The van der Waals surface area contributed by atoms with E-state index in [1.54, 1.807) is 13.1 Å². The molecule has 0 atom stereocenters. The van der Waals surface area contributed by atoms with Crippen LogP contribution in [-0.2, 0) is 11.2 Å². The quantitative estimate of drug-likeness (QED) is 0.308. The molecule has 0 saturated carbocycles. The van der Waals surface area contributed by atoms with Crippen LogP contribution in [0.25, 0.3) is 33.6 Å². The fourth-order valence-electron chi connectivity index (χ4n) is 4.50. The van der Waals surface area contributed by atoms with Crippen LogP contribution in [0.2, 0.25) is 0 Å². The molecule has 2 aromatic carbocycles. The van der Waals surface area contributed by atoms with E-state index in [9.17, 15) is 10.1 Å². The van der Waals surface area contributed by atoms with Gasteiger partial charge in [-0.25, -0.2) is 0 Å². The van der Waals surface area contributed by atoms with Crippen LogP contribution >= 0.6 is 0 Å². The van der Waals surface area contributed by atoms with Crippen LogP contribution in [0, 0.1) is 11.3 Å². The Hall–Kier alpha value is -3.95. The first-order valence-electron chi connectivity index (χ1n) is 11.9. The molecule has 3 heterocycles. The summed E-state index contributed by atoms with van der Waals surface area (Å²) < 4.78 is 17.8. The Morgan fingerprint density at radius 1 is 1.11 bits per heavy atom. The van der Waals surface area contributed by atoms with Gasteiger partial charge in [-0.15, -0.1) is 0 Å². The monoisotopic (exact) mass is 466 g/mol. The Morgan fingerprint density at radius 2 is 1.94 bits per heavy atom. The lowest BCUT2D eigenvalue weighted by Gasteiger charge is -2.23. The maximum Gasteiger partial charge on any atom is 0.161 e. The predicted molar refractivity (Wildman–Crippen MR) is 133 cm³/mol. The average Bonchev–Trinajstić information content (AvgIpc) is 3.33.